The summed E-state index contributed by atoms with van der Waals surface area (Å²) in [5.74, 6) is 2.64. The Kier molecular flexibility index (Phi) is 3.99. The first kappa shape index (κ1) is 11.6. The Balaban J connectivity index is 1.86. The summed E-state index contributed by atoms with van der Waals surface area (Å²) in [6.45, 7) is 6.82. The van der Waals surface area contributed by atoms with Crippen molar-refractivity contribution in [3.63, 3.8) is 0 Å². The van der Waals surface area contributed by atoms with E-state index < -0.39 is 0 Å². The Bertz CT molecular complexity index is 311. The molecule has 1 atom stereocenters. The van der Waals surface area contributed by atoms with Crippen LogP contribution in [0.4, 0.5) is 0 Å². The number of aromatic nitrogens is 2. The number of hydrogen-bond acceptors (Lipinski definition) is 2. The average Bonchev–Trinajstić information content (AvgIpc) is 2.66. The molecule has 1 aromatic heterocycles. The molecular weight excluding hydrogens is 198 g/mol. The molecule has 2 rings (SSSR count). The summed E-state index contributed by atoms with van der Waals surface area (Å²) in [7, 11) is 0. The van der Waals surface area contributed by atoms with Gasteiger partial charge in [0.2, 0.25) is 0 Å². The van der Waals surface area contributed by atoms with E-state index in [0.717, 1.165) is 25.3 Å². The summed E-state index contributed by atoms with van der Waals surface area (Å²) in [6.07, 6.45) is 6.87. The average molecular weight is 221 g/mol. The normalized spacial score (nSPS) is 21.6. The van der Waals surface area contributed by atoms with Gasteiger partial charge in [0.05, 0.1) is 0 Å². The number of H-pyrrole nitrogens is 1. The molecular formula is C13H23N3. The third-order valence-corrected chi connectivity index (χ3v) is 3.19. The largest absolute Gasteiger partial charge is 0.346 e. The lowest BCUT2D eigenvalue weighted by atomic mass is 9.96. The Morgan fingerprint density at radius 3 is 3.06 bits per heavy atom. The number of nitrogens with zero attached hydrogens (tertiary/aromatic N) is 1. The summed E-state index contributed by atoms with van der Waals surface area (Å²) >= 11 is 0. The van der Waals surface area contributed by atoms with Gasteiger partial charge in [-0.1, -0.05) is 13.8 Å². The topological polar surface area (TPSA) is 40.7 Å². The molecule has 1 fully saturated rings. The third-order valence-electron chi connectivity index (χ3n) is 3.19. The number of rotatable bonds is 4. The Hall–Kier alpha value is -0.830. The summed E-state index contributed by atoms with van der Waals surface area (Å²) in [6, 6.07) is 0. The first-order valence-electron chi connectivity index (χ1n) is 6.47. The van der Waals surface area contributed by atoms with Crippen LogP contribution in [0.3, 0.4) is 0 Å². The molecule has 1 aliphatic heterocycles. The van der Waals surface area contributed by atoms with Crippen LogP contribution in [-0.4, -0.2) is 23.1 Å². The van der Waals surface area contributed by atoms with E-state index in [2.05, 4.69) is 29.1 Å². The van der Waals surface area contributed by atoms with Gasteiger partial charge in [-0.05, 0) is 44.2 Å². The van der Waals surface area contributed by atoms with Gasteiger partial charge in [-0.2, -0.15) is 0 Å². The SMILES string of the molecule is CC(C)Cc1cnc(CC2CCCNC2)[nH]1. The van der Waals surface area contributed by atoms with Gasteiger partial charge in [-0.15, -0.1) is 0 Å². The minimum Gasteiger partial charge on any atom is -0.346 e. The van der Waals surface area contributed by atoms with Crippen LogP contribution < -0.4 is 5.32 Å². The quantitative estimate of drug-likeness (QED) is 0.818. The number of nitrogens with one attached hydrogen (secondary N) is 2. The highest BCUT2D eigenvalue weighted by atomic mass is 14.9. The van der Waals surface area contributed by atoms with Crippen LogP contribution in [0, 0.1) is 11.8 Å². The van der Waals surface area contributed by atoms with Crippen molar-refractivity contribution < 1.29 is 0 Å². The van der Waals surface area contributed by atoms with Crippen molar-refractivity contribution in [2.75, 3.05) is 13.1 Å². The molecule has 2 heterocycles. The van der Waals surface area contributed by atoms with Crippen molar-refractivity contribution in [3.05, 3.63) is 17.7 Å². The van der Waals surface area contributed by atoms with Crippen molar-refractivity contribution in [1.82, 2.24) is 15.3 Å². The zero-order valence-corrected chi connectivity index (χ0v) is 10.4. The fourth-order valence-electron chi connectivity index (χ4n) is 2.42. The first-order valence-corrected chi connectivity index (χ1v) is 6.47. The van der Waals surface area contributed by atoms with Crippen LogP contribution in [-0.2, 0) is 12.8 Å². The molecule has 0 aromatic carbocycles. The van der Waals surface area contributed by atoms with E-state index in [4.69, 9.17) is 0 Å². The highest BCUT2D eigenvalue weighted by Gasteiger charge is 2.15. The minimum atomic E-state index is 0.699. The summed E-state index contributed by atoms with van der Waals surface area (Å²) < 4.78 is 0. The Labute approximate surface area is 98.1 Å². The van der Waals surface area contributed by atoms with E-state index >= 15 is 0 Å². The number of piperidine rings is 1. The van der Waals surface area contributed by atoms with Gasteiger partial charge in [0, 0.05) is 18.3 Å². The van der Waals surface area contributed by atoms with Gasteiger partial charge in [-0.25, -0.2) is 4.98 Å². The smallest absolute Gasteiger partial charge is 0.106 e. The molecule has 1 unspecified atom stereocenters. The van der Waals surface area contributed by atoms with Gasteiger partial charge in [-0.3, -0.25) is 0 Å². The van der Waals surface area contributed by atoms with E-state index in [0.29, 0.717) is 5.92 Å². The van der Waals surface area contributed by atoms with Crippen LogP contribution in [0.5, 0.6) is 0 Å². The molecule has 0 radical (unpaired) electrons. The van der Waals surface area contributed by atoms with Gasteiger partial charge in [0.15, 0.2) is 0 Å². The van der Waals surface area contributed by atoms with Crippen LogP contribution in [0.15, 0.2) is 6.20 Å². The third kappa shape index (κ3) is 3.34. The second-order valence-corrected chi connectivity index (χ2v) is 5.37. The molecule has 1 saturated heterocycles. The van der Waals surface area contributed by atoms with Gasteiger partial charge in [0.1, 0.15) is 5.82 Å². The first-order chi connectivity index (χ1) is 7.74. The predicted octanol–water partition coefficient (Wildman–Crippen LogP) is 2.15. The van der Waals surface area contributed by atoms with Gasteiger partial charge >= 0.3 is 0 Å². The predicted molar refractivity (Wildman–Crippen MR) is 66.4 cm³/mol. The molecule has 0 bridgehead atoms. The molecule has 3 heteroatoms. The van der Waals surface area contributed by atoms with E-state index in [-0.39, 0.29) is 0 Å². The lowest BCUT2D eigenvalue weighted by molar-refractivity contribution is 0.371. The number of imidazole rings is 1. The Morgan fingerprint density at radius 1 is 1.50 bits per heavy atom. The summed E-state index contributed by atoms with van der Waals surface area (Å²) in [5, 5.41) is 3.45. The fourth-order valence-corrected chi connectivity index (χ4v) is 2.42. The molecule has 90 valence electrons. The standard InChI is InChI=1S/C13H23N3/c1-10(2)6-12-9-15-13(16-12)7-11-4-3-5-14-8-11/h9-11,14H,3-8H2,1-2H3,(H,15,16). The number of hydrogen-bond donors (Lipinski definition) is 2. The maximum atomic E-state index is 4.48. The monoisotopic (exact) mass is 221 g/mol. The van der Waals surface area contributed by atoms with E-state index in [1.165, 1.54) is 30.9 Å². The summed E-state index contributed by atoms with van der Waals surface area (Å²) in [4.78, 5) is 7.93. The molecule has 1 aliphatic rings. The van der Waals surface area contributed by atoms with E-state index in [1.807, 2.05) is 6.20 Å². The molecule has 0 spiro atoms. The van der Waals surface area contributed by atoms with Crippen LogP contribution in [0.1, 0.15) is 38.2 Å². The van der Waals surface area contributed by atoms with Crippen molar-refractivity contribution in [3.8, 4) is 0 Å². The Morgan fingerprint density at radius 2 is 2.38 bits per heavy atom. The highest BCUT2D eigenvalue weighted by molar-refractivity contribution is 5.03. The maximum Gasteiger partial charge on any atom is 0.106 e. The molecule has 3 nitrogen and oxygen atoms in total. The molecule has 0 amide bonds. The zero-order valence-electron chi connectivity index (χ0n) is 10.4. The van der Waals surface area contributed by atoms with Gasteiger partial charge < -0.3 is 10.3 Å². The van der Waals surface area contributed by atoms with Crippen molar-refractivity contribution >= 4 is 0 Å². The van der Waals surface area contributed by atoms with Crippen molar-refractivity contribution in [2.24, 2.45) is 11.8 Å². The lowest BCUT2D eigenvalue weighted by Crippen LogP contribution is -2.31. The highest BCUT2D eigenvalue weighted by Crippen LogP contribution is 2.15. The summed E-state index contributed by atoms with van der Waals surface area (Å²) in [5.41, 5.74) is 1.29. The van der Waals surface area contributed by atoms with E-state index in [9.17, 15) is 0 Å². The fraction of sp³-hybridized carbons (Fsp3) is 0.769. The zero-order chi connectivity index (χ0) is 11.4. The van der Waals surface area contributed by atoms with Crippen LogP contribution >= 0.6 is 0 Å². The van der Waals surface area contributed by atoms with Crippen molar-refractivity contribution in [1.29, 1.82) is 0 Å². The maximum absolute atomic E-state index is 4.48. The molecule has 0 aliphatic carbocycles. The number of aromatic amines is 1. The lowest BCUT2D eigenvalue weighted by Gasteiger charge is -2.21. The van der Waals surface area contributed by atoms with Crippen molar-refractivity contribution in [2.45, 2.75) is 39.5 Å². The molecule has 0 saturated carbocycles. The van der Waals surface area contributed by atoms with Crippen LogP contribution in [0.25, 0.3) is 0 Å². The second kappa shape index (κ2) is 5.48. The molecule has 16 heavy (non-hydrogen) atoms. The minimum absolute atomic E-state index is 0.699. The molecule has 2 N–H and O–H groups in total. The van der Waals surface area contributed by atoms with Gasteiger partial charge in [0.25, 0.3) is 0 Å². The van der Waals surface area contributed by atoms with Crippen LogP contribution in [0.2, 0.25) is 0 Å². The van der Waals surface area contributed by atoms with E-state index in [1.54, 1.807) is 0 Å². The second-order valence-electron chi connectivity index (χ2n) is 5.37. The molecule has 1 aromatic rings.